The molecule has 26 valence electrons. The van der Waals surface area contributed by atoms with E-state index in [4.69, 9.17) is 6.42 Å². The van der Waals surface area contributed by atoms with E-state index >= 15 is 0 Å². The molecule has 0 heterocycles. The van der Waals surface area contributed by atoms with Gasteiger partial charge in [-0.3, -0.25) is 0 Å². The maximum absolute atomic E-state index is 5.96. The fourth-order valence-corrected chi connectivity index (χ4v) is 0. The molecule has 0 nitrogen and oxygen atoms in total. The molecule has 0 rings (SSSR count). The Morgan fingerprint density at radius 1 is 1.75 bits per heavy atom. The summed E-state index contributed by atoms with van der Waals surface area (Å²) < 4.78 is 0. The monoisotopic (exact) mass is 102 g/mol. The molecule has 0 fully saturated rings. The third-order valence-corrected chi connectivity index (χ3v) is 0. The summed E-state index contributed by atoms with van der Waals surface area (Å²) in [5.41, 5.74) is 0. The van der Waals surface area contributed by atoms with Crippen molar-refractivity contribution < 1.29 is 17.1 Å². The van der Waals surface area contributed by atoms with Crippen LogP contribution in [0.1, 0.15) is 6.92 Å². The molecule has 0 aromatic rings. The van der Waals surface area contributed by atoms with Gasteiger partial charge in [0.1, 0.15) is 0 Å². The first-order valence-electron chi connectivity index (χ1n) is 0.750. The molecular weight excluding hydrogens is 99.6 g/mol. The summed E-state index contributed by atoms with van der Waals surface area (Å²) >= 11 is 0. The van der Waals surface area contributed by atoms with Crippen LogP contribution in [0.2, 0.25) is 0 Å². The van der Waals surface area contributed by atoms with E-state index in [9.17, 15) is 0 Å². The van der Waals surface area contributed by atoms with E-state index in [1.165, 1.54) is 0 Å². The summed E-state index contributed by atoms with van der Waals surface area (Å²) in [6, 6.07) is 0. The van der Waals surface area contributed by atoms with Gasteiger partial charge in [-0.1, -0.05) is 0 Å². The molecule has 0 aliphatic rings. The van der Waals surface area contributed by atoms with Crippen molar-refractivity contribution in [3.8, 4) is 5.92 Å². The minimum absolute atomic E-state index is 0. The molecule has 0 radical (unpaired) electrons. The summed E-state index contributed by atoms with van der Waals surface area (Å²) in [5, 5.41) is 0. The predicted octanol–water partition coefficient (Wildman–Crippen LogP) is 0.594. The van der Waals surface area contributed by atoms with Crippen LogP contribution in [-0.4, -0.2) is 0 Å². The van der Waals surface area contributed by atoms with Crippen LogP contribution in [0.25, 0.3) is 0 Å². The predicted molar refractivity (Wildman–Crippen MR) is 12.8 cm³/mol. The Labute approximate surface area is 37.1 Å². The van der Waals surface area contributed by atoms with Gasteiger partial charge in [-0.05, 0) is 6.92 Å². The van der Waals surface area contributed by atoms with Crippen molar-refractivity contribution in [2.24, 2.45) is 0 Å². The van der Waals surface area contributed by atoms with E-state index in [-0.39, 0.29) is 17.1 Å². The maximum atomic E-state index is 5.96. The number of hydrogen-bond donors (Lipinski definition) is 0. The second-order valence-corrected chi connectivity index (χ2v) is 0.250. The molecule has 0 aliphatic heterocycles. The second kappa shape index (κ2) is 11.4. The van der Waals surface area contributed by atoms with Gasteiger partial charge < -0.3 is 12.3 Å². The fraction of sp³-hybridized carbons (Fsp3) is 0.333. The van der Waals surface area contributed by atoms with Crippen LogP contribution in [0, 0.1) is 12.3 Å². The van der Waals surface area contributed by atoms with Crippen LogP contribution in [-0.2, 0) is 17.1 Å². The minimum atomic E-state index is 0. The molecule has 0 N–H and O–H groups in total. The molecule has 0 amide bonds. The van der Waals surface area contributed by atoms with E-state index in [0.29, 0.717) is 0 Å². The van der Waals surface area contributed by atoms with Gasteiger partial charge in [-0.25, -0.2) is 0 Å². The number of hydrogen-bond acceptors (Lipinski definition) is 0. The van der Waals surface area contributed by atoms with E-state index in [2.05, 4.69) is 0 Å². The van der Waals surface area contributed by atoms with Gasteiger partial charge in [0.25, 0.3) is 0 Å². The van der Waals surface area contributed by atoms with E-state index in [1.807, 2.05) is 5.92 Å². The average Bonchev–Trinajstić information content (AvgIpc) is 0.918. The van der Waals surface area contributed by atoms with Crippen LogP contribution < -0.4 is 0 Å². The van der Waals surface area contributed by atoms with Crippen molar-refractivity contribution in [1.82, 2.24) is 0 Å². The molecule has 0 spiro atoms. The molecule has 0 bridgehead atoms. The standard InChI is InChI=1S/C3H3.Cu/c1-3-2;/h1H3;/q-1;+1. The summed E-state index contributed by atoms with van der Waals surface area (Å²) in [6.07, 6.45) is 5.96. The van der Waals surface area contributed by atoms with Crippen molar-refractivity contribution in [2.75, 3.05) is 0 Å². The van der Waals surface area contributed by atoms with E-state index in [1.54, 1.807) is 6.92 Å². The van der Waals surface area contributed by atoms with Gasteiger partial charge in [0.2, 0.25) is 0 Å². The molecule has 1 heteroatoms. The Morgan fingerprint density at radius 2 is 1.75 bits per heavy atom. The summed E-state index contributed by atoms with van der Waals surface area (Å²) in [6.45, 7) is 1.54. The van der Waals surface area contributed by atoms with Crippen LogP contribution >= 0.6 is 0 Å². The molecule has 0 saturated heterocycles. The second-order valence-electron chi connectivity index (χ2n) is 0.250. The van der Waals surface area contributed by atoms with Crippen molar-refractivity contribution in [3.05, 3.63) is 6.42 Å². The van der Waals surface area contributed by atoms with E-state index < -0.39 is 0 Å². The van der Waals surface area contributed by atoms with Gasteiger partial charge in [0.15, 0.2) is 0 Å². The first kappa shape index (κ1) is 8.95. The van der Waals surface area contributed by atoms with Crippen LogP contribution in [0.4, 0.5) is 0 Å². The molecule has 0 unspecified atom stereocenters. The first-order valence-corrected chi connectivity index (χ1v) is 0.750. The maximum Gasteiger partial charge on any atom is 1.00 e. The summed E-state index contributed by atoms with van der Waals surface area (Å²) in [5.74, 6) is 2.00. The smallest absolute Gasteiger partial charge is 0.694 e. The van der Waals surface area contributed by atoms with Gasteiger partial charge in [0.05, 0.1) is 0 Å². The third kappa shape index (κ3) is 384. The minimum Gasteiger partial charge on any atom is -0.694 e. The zero-order valence-corrected chi connectivity index (χ0v) is 3.24. The van der Waals surface area contributed by atoms with Crippen molar-refractivity contribution in [1.29, 1.82) is 0 Å². The molecule has 0 aliphatic carbocycles. The third-order valence-electron chi connectivity index (χ3n) is 0. The molecule has 0 atom stereocenters. The van der Waals surface area contributed by atoms with Crippen LogP contribution in [0.3, 0.4) is 0 Å². The molecular formula is C3H3Cu. The van der Waals surface area contributed by atoms with Crippen molar-refractivity contribution in [2.45, 2.75) is 6.92 Å². The molecule has 0 aromatic carbocycles. The van der Waals surface area contributed by atoms with Gasteiger partial charge in [-0.15, -0.1) is 0 Å². The fourth-order valence-electron chi connectivity index (χ4n) is 0. The molecule has 0 aromatic heterocycles. The zero-order valence-electron chi connectivity index (χ0n) is 2.30. The van der Waals surface area contributed by atoms with Gasteiger partial charge in [-0.2, -0.15) is 0 Å². The zero-order chi connectivity index (χ0) is 2.71. The topological polar surface area (TPSA) is 0 Å². The largest absolute Gasteiger partial charge is 1.00 e. The van der Waals surface area contributed by atoms with Gasteiger partial charge in [0, 0.05) is 0 Å². The van der Waals surface area contributed by atoms with Gasteiger partial charge >= 0.3 is 17.1 Å². The Hall–Kier alpha value is 0.0795. The van der Waals surface area contributed by atoms with E-state index in [0.717, 1.165) is 0 Å². The van der Waals surface area contributed by atoms with Crippen LogP contribution in [0.5, 0.6) is 0 Å². The van der Waals surface area contributed by atoms with Crippen molar-refractivity contribution >= 4 is 0 Å². The Morgan fingerprint density at radius 3 is 1.75 bits per heavy atom. The number of rotatable bonds is 0. The quantitative estimate of drug-likeness (QED) is 0.239. The molecule has 0 saturated carbocycles. The summed E-state index contributed by atoms with van der Waals surface area (Å²) in [4.78, 5) is 0. The Kier molecular flexibility index (Phi) is 25.6. The average molecular weight is 103 g/mol. The Bertz CT molecular complexity index is 24.8. The van der Waals surface area contributed by atoms with Crippen LogP contribution in [0.15, 0.2) is 0 Å². The Balaban J connectivity index is 0. The first-order chi connectivity index (χ1) is 1.41. The normalized spacial score (nSPS) is 2.00. The van der Waals surface area contributed by atoms with Crippen molar-refractivity contribution in [3.63, 3.8) is 0 Å². The SMILES string of the molecule is [C-]#CC.[Cu+]. The molecule has 4 heavy (non-hydrogen) atoms. The summed E-state index contributed by atoms with van der Waals surface area (Å²) in [7, 11) is 0.